The SMILES string of the molecule is CC1CCC(Oc2nc3ccc(C(=O)O)cc3o2)CC1C. The number of carboxylic acids is 1. The normalized spacial score (nSPS) is 25.9. The Hall–Kier alpha value is -2.04. The van der Waals surface area contributed by atoms with Crippen LogP contribution in [0.4, 0.5) is 0 Å². The first-order valence-corrected chi connectivity index (χ1v) is 7.33. The summed E-state index contributed by atoms with van der Waals surface area (Å²) in [5.41, 5.74) is 1.25. The zero-order chi connectivity index (χ0) is 15.0. The summed E-state index contributed by atoms with van der Waals surface area (Å²) in [6.07, 6.45) is 3.52. The molecule has 2 aromatic rings. The van der Waals surface area contributed by atoms with Gasteiger partial charge in [-0.05, 0) is 49.3 Å². The number of ether oxygens (including phenoxy) is 1. The van der Waals surface area contributed by atoms with E-state index in [-0.39, 0.29) is 17.7 Å². The van der Waals surface area contributed by atoms with E-state index in [4.69, 9.17) is 14.3 Å². The van der Waals surface area contributed by atoms with E-state index in [9.17, 15) is 4.79 Å². The minimum absolute atomic E-state index is 0.128. The number of aromatic carboxylic acids is 1. The van der Waals surface area contributed by atoms with Gasteiger partial charge in [-0.3, -0.25) is 0 Å². The average molecular weight is 289 g/mol. The summed E-state index contributed by atoms with van der Waals surface area (Å²) in [6, 6.07) is 4.63. The Balaban J connectivity index is 1.77. The molecule has 1 aromatic heterocycles. The molecule has 5 heteroatoms. The third-order valence-electron chi connectivity index (χ3n) is 4.43. The van der Waals surface area contributed by atoms with Crippen molar-refractivity contribution in [1.82, 2.24) is 4.98 Å². The number of carboxylic acid groups (broad SMARTS) is 1. The molecule has 0 radical (unpaired) electrons. The molecule has 1 fully saturated rings. The number of aromatic nitrogens is 1. The van der Waals surface area contributed by atoms with Crippen LogP contribution in [0.2, 0.25) is 0 Å². The molecule has 1 N–H and O–H groups in total. The first-order chi connectivity index (χ1) is 10.0. The van der Waals surface area contributed by atoms with Crippen molar-refractivity contribution in [2.45, 2.75) is 39.2 Å². The number of fused-ring (bicyclic) bond motifs is 1. The molecule has 1 heterocycles. The Kier molecular flexibility index (Phi) is 3.57. The van der Waals surface area contributed by atoms with E-state index >= 15 is 0 Å². The standard InChI is InChI=1S/C16H19NO4/c1-9-3-5-12(7-10(9)2)20-16-17-13-6-4-11(15(18)19)8-14(13)21-16/h4,6,8-10,12H,3,5,7H2,1-2H3,(H,18,19). The molecular formula is C16H19NO4. The van der Waals surface area contributed by atoms with Crippen molar-refractivity contribution in [2.24, 2.45) is 11.8 Å². The molecular weight excluding hydrogens is 270 g/mol. The third-order valence-corrected chi connectivity index (χ3v) is 4.43. The van der Waals surface area contributed by atoms with Crippen molar-refractivity contribution in [2.75, 3.05) is 0 Å². The molecule has 0 aliphatic heterocycles. The molecule has 1 aliphatic rings. The van der Waals surface area contributed by atoms with Crippen LogP contribution in [0.15, 0.2) is 22.6 Å². The van der Waals surface area contributed by atoms with Crippen molar-refractivity contribution in [3.63, 3.8) is 0 Å². The number of nitrogens with zero attached hydrogens (tertiary/aromatic N) is 1. The molecule has 0 saturated heterocycles. The van der Waals surface area contributed by atoms with E-state index in [1.54, 1.807) is 6.07 Å². The Labute approximate surface area is 122 Å². The lowest BCUT2D eigenvalue weighted by atomic mass is 9.80. The Bertz CT molecular complexity index is 663. The summed E-state index contributed by atoms with van der Waals surface area (Å²) >= 11 is 0. The predicted molar refractivity (Wildman–Crippen MR) is 77.6 cm³/mol. The van der Waals surface area contributed by atoms with Gasteiger partial charge in [0.2, 0.25) is 0 Å². The van der Waals surface area contributed by atoms with Gasteiger partial charge < -0.3 is 14.3 Å². The van der Waals surface area contributed by atoms with Gasteiger partial charge in [0.1, 0.15) is 11.6 Å². The van der Waals surface area contributed by atoms with Crippen molar-refractivity contribution < 1.29 is 19.1 Å². The molecule has 21 heavy (non-hydrogen) atoms. The predicted octanol–water partition coefficient (Wildman–Crippen LogP) is 3.73. The van der Waals surface area contributed by atoms with Crippen LogP contribution in [0.25, 0.3) is 11.1 Å². The number of carbonyl (C=O) groups is 1. The largest absolute Gasteiger partial charge is 0.478 e. The van der Waals surface area contributed by atoms with E-state index in [1.165, 1.54) is 12.1 Å². The zero-order valence-electron chi connectivity index (χ0n) is 12.2. The molecule has 3 unspecified atom stereocenters. The van der Waals surface area contributed by atoms with Crippen molar-refractivity contribution >= 4 is 17.1 Å². The minimum atomic E-state index is -0.981. The van der Waals surface area contributed by atoms with Crippen molar-refractivity contribution in [3.8, 4) is 6.08 Å². The van der Waals surface area contributed by atoms with Gasteiger partial charge in [0.05, 0.1) is 5.56 Å². The third kappa shape index (κ3) is 2.86. The van der Waals surface area contributed by atoms with Crippen LogP contribution >= 0.6 is 0 Å². The second-order valence-electron chi connectivity index (χ2n) is 5.97. The van der Waals surface area contributed by atoms with E-state index < -0.39 is 5.97 Å². The Morgan fingerprint density at radius 2 is 2.14 bits per heavy atom. The average Bonchev–Trinajstić information content (AvgIpc) is 2.84. The maximum absolute atomic E-state index is 10.9. The van der Waals surface area contributed by atoms with E-state index in [0.717, 1.165) is 25.2 Å². The number of oxazole rings is 1. The van der Waals surface area contributed by atoms with Crippen LogP contribution in [0, 0.1) is 11.8 Å². The monoisotopic (exact) mass is 289 g/mol. The highest BCUT2D eigenvalue weighted by Crippen LogP contribution is 2.32. The quantitative estimate of drug-likeness (QED) is 0.932. The first-order valence-electron chi connectivity index (χ1n) is 7.33. The molecule has 0 amide bonds. The summed E-state index contributed by atoms with van der Waals surface area (Å²) < 4.78 is 11.4. The van der Waals surface area contributed by atoms with Gasteiger partial charge in [0, 0.05) is 0 Å². The van der Waals surface area contributed by atoms with Crippen LogP contribution in [-0.4, -0.2) is 22.2 Å². The van der Waals surface area contributed by atoms with Gasteiger partial charge in [-0.2, -0.15) is 4.98 Å². The summed E-state index contributed by atoms with van der Waals surface area (Å²) in [7, 11) is 0. The fraction of sp³-hybridized carbons (Fsp3) is 0.500. The highest BCUT2D eigenvalue weighted by Gasteiger charge is 2.27. The van der Waals surface area contributed by atoms with Gasteiger partial charge in [-0.1, -0.05) is 13.8 Å². The molecule has 0 bridgehead atoms. The molecule has 3 rings (SSSR count). The number of rotatable bonds is 3. The Morgan fingerprint density at radius 3 is 2.86 bits per heavy atom. The van der Waals surface area contributed by atoms with Crippen molar-refractivity contribution in [3.05, 3.63) is 23.8 Å². The van der Waals surface area contributed by atoms with E-state index in [0.29, 0.717) is 17.0 Å². The summed E-state index contributed by atoms with van der Waals surface area (Å²) in [6.45, 7) is 4.51. The van der Waals surface area contributed by atoms with Gasteiger partial charge in [0.25, 0.3) is 0 Å². The number of benzene rings is 1. The molecule has 3 atom stereocenters. The van der Waals surface area contributed by atoms with Gasteiger partial charge >= 0.3 is 12.0 Å². The Morgan fingerprint density at radius 1 is 1.33 bits per heavy atom. The van der Waals surface area contributed by atoms with Crippen LogP contribution < -0.4 is 4.74 Å². The van der Waals surface area contributed by atoms with E-state index in [2.05, 4.69) is 18.8 Å². The molecule has 1 aliphatic carbocycles. The second-order valence-corrected chi connectivity index (χ2v) is 5.97. The first kappa shape index (κ1) is 13.9. The number of hydrogen-bond acceptors (Lipinski definition) is 4. The van der Waals surface area contributed by atoms with Crippen LogP contribution in [0.5, 0.6) is 6.08 Å². The molecule has 5 nitrogen and oxygen atoms in total. The molecule has 112 valence electrons. The fourth-order valence-electron chi connectivity index (χ4n) is 2.83. The second kappa shape index (κ2) is 5.39. The summed E-state index contributed by atoms with van der Waals surface area (Å²) in [5.74, 6) is 0.379. The maximum Gasteiger partial charge on any atom is 0.394 e. The van der Waals surface area contributed by atoms with Crippen LogP contribution in [0.3, 0.4) is 0 Å². The van der Waals surface area contributed by atoms with Gasteiger partial charge in [0.15, 0.2) is 5.58 Å². The lowest BCUT2D eigenvalue weighted by molar-refractivity contribution is 0.0695. The number of hydrogen-bond donors (Lipinski definition) is 1. The van der Waals surface area contributed by atoms with Crippen molar-refractivity contribution in [1.29, 1.82) is 0 Å². The van der Waals surface area contributed by atoms with Crippen LogP contribution in [-0.2, 0) is 0 Å². The summed E-state index contributed by atoms with van der Waals surface area (Å²) in [5, 5.41) is 8.97. The molecule has 1 aromatic carbocycles. The molecule has 0 spiro atoms. The fourth-order valence-corrected chi connectivity index (χ4v) is 2.83. The van der Waals surface area contributed by atoms with Gasteiger partial charge in [-0.25, -0.2) is 4.79 Å². The lowest BCUT2D eigenvalue weighted by Gasteiger charge is -2.31. The minimum Gasteiger partial charge on any atom is -0.478 e. The smallest absolute Gasteiger partial charge is 0.394 e. The highest BCUT2D eigenvalue weighted by atomic mass is 16.6. The van der Waals surface area contributed by atoms with Gasteiger partial charge in [-0.15, -0.1) is 0 Å². The maximum atomic E-state index is 10.9. The zero-order valence-corrected chi connectivity index (χ0v) is 12.2. The van der Waals surface area contributed by atoms with E-state index in [1.807, 2.05) is 0 Å². The topological polar surface area (TPSA) is 72.6 Å². The van der Waals surface area contributed by atoms with Crippen LogP contribution in [0.1, 0.15) is 43.5 Å². The molecule has 1 saturated carbocycles. The summed E-state index contributed by atoms with van der Waals surface area (Å²) in [4.78, 5) is 15.2. The lowest BCUT2D eigenvalue weighted by Crippen LogP contribution is -2.28. The highest BCUT2D eigenvalue weighted by molar-refractivity contribution is 5.91.